The molecule has 0 aliphatic rings. The number of nitrogens with zero attached hydrogens (tertiary/aromatic N) is 1. The van der Waals surface area contributed by atoms with Crippen LogP contribution in [0, 0.1) is 6.57 Å². The molecular weight excluding hydrogens is 292 g/mol. The first-order valence-corrected chi connectivity index (χ1v) is 11.8. The molecule has 0 atom stereocenters. The first-order chi connectivity index (χ1) is 10.2. The van der Waals surface area contributed by atoms with Gasteiger partial charge in [0, 0.05) is 5.56 Å². The van der Waals surface area contributed by atoms with Gasteiger partial charge in [0.15, 0.2) is 0 Å². The molecule has 3 heteroatoms. The highest BCUT2D eigenvalue weighted by Crippen LogP contribution is 2.41. The van der Waals surface area contributed by atoms with Crippen LogP contribution in [0.15, 0.2) is 30.3 Å². The van der Waals surface area contributed by atoms with Crippen LogP contribution in [-0.4, -0.2) is 37.0 Å². The number of hydrogen-bond donors (Lipinski definition) is 0. The van der Waals surface area contributed by atoms with Crippen molar-refractivity contribution in [2.24, 2.45) is 0 Å². The van der Waals surface area contributed by atoms with Crippen molar-refractivity contribution in [3.63, 3.8) is 0 Å². The van der Waals surface area contributed by atoms with Gasteiger partial charge < -0.3 is 4.85 Å². The second kappa shape index (κ2) is 14.5. The van der Waals surface area contributed by atoms with Crippen molar-refractivity contribution in [1.29, 1.82) is 0 Å². The Morgan fingerprint density at radius 2 is 1.24 bits per heavy atom. The third kappa shape index (κ3) is 10.9. The lowest BCUT2D eigenvalue weighted by molar-refractivity contribution is 1.27. The zero-order chi connectivity index (χ0) is 15.9. The highest BCUT2D eigenvalue weighted by molar-refractivity contribution is 7.61. The second-order valence-electron chi connectivity index (χ2n) is 4.86. The van der Waals surface area contributed by atoms with Crippen molar-refractivity contribution in [1.82, 2.24) is 0 Å². The van der Waals surface area contributed by atoms with E-state index < -0.39 is 0 Å². The molecule has 21 heavy (non-hydrogen) atoms. The van der Waals surface area contributed by atoms with E-state index in [0.717, 1.165) is 5.56 Å². The van der Waals surface area contributed by atoms with Crippen LogP contribution in [0.2, 0.25) is 0 Å². The minimum absolute atomic E-state index is 0.416. The Morgan fingerprint density at radius 3 is 1.57 bits per heavy atom. The Balaban J connectivity index is 0.000000394. The fourth-order valence-corrected chi connectivity index (χ4v) is 6.46. The van der Waals surface area contributed by atoms with Crippen molar-refractivity contribution in [2.45, 2.75) is 34.2 Å². The summed E-state index contributed by atoms with van der Waals surface area (Å²) in [6.45, 7) is 16.5. The van der Waals surface area contributed by atoms with E-state index in [9.17, 15) is 0 Å². The van der Waals surface area contributed by atoms with Crippen LogP contribution >= 0.6 is 15.8 Å². The highest BCUT2D eigenvalue weighted by Gasteiger charge is 2.06. The molecular formula is C18H31NP2. The number of rotatable bonds is 8. The normalized spacial score (nSPS) is 10.1. The van der Waals surface area contributed by atoms with Crippen LogP contribution in [0.1, 0.15) is 33.3 Å². The van der Waals surface area contributed by atoms with Crippen molar-refractivity contribution >= 4 is 15.8 Å². The van der Waals surface area contributed by atoms with E-state index in [4.69, 9.17) is 6.57 Å². The summed E-state index contributed by atoms with van der Waals surface area (Å²) in [6.07, 6.45) is 8.89. The summed E-state index contributed by atoms with van der Waals surface area (Å²) in [5.74, 6) is 0. The molecule has 0 radical (unpaired) electrons. The van der Waals surface area contributed by atoms with Crippen LogP contribution in [0.4, 0.5) is 0 Å². The van der Waals surface area contributed by atoms with Gasteiger partial charge in [-0.25, -0.2) is 6.57 Å². The molecule has 1 rings (SSSR count). The predicted molar refractivity (Wildman–Crippen MR) is 102 cm³/mol. The molecule has 0 aromatic heterocycles. The molecule has 0 bridgehead atoms. The van der Waals surface area contributed by atoms with Crippen LogP contribution in [0.25, 0.3) is 4.85 Å². The van der Waals surface area contributed by atoms with E-state index in [2.05, 4.69) is 32.5 Å². The summed E-state index contributed by atoms with van der Waals surface area (Å²) in [5, 5.41) is 0. The molecule has 1 nitrogen and oxygen atoms in total. The lowest BCUT2D eigenvalue weighted by Gasteiger charge is -2.18. The van der Waals surface area contributed by atoms with E-state index in [1.165, 1.54) is 24.6 Å². The fraction of sp³-hybridized carbons (Fsp3) is 0.611. The van der Waals surface area contributed by atoms with E-state index >= 15 is 0 Å². The lowest BCUT2D eigenvalue weighted by atomic mass is 10.2. The Bertz CT molecular complexity index is 353. The maximum absolute atomic E-state index is 6.57. The molecule has 0 fully saturated rings. The minimum atomic E-state index is 0.416. The topological polar surface area (TPSA) is 4.36 Å². The van der Waals surface area contributed by atoms with Crippen LogP contribution in [-0.2, 0) is 6.54 Å². The van der Waals surface area contributed by atoms with Gasteiger partial charge in [-0.15, -0.1) is 15.8 Å². The van der Waals surface area contributed by atoms with Gasteiger partial charge in [0.25, 0.3) is 0 Å². The predicted octanol–water partition coefficient (Wildman–Crippen LogP) is 6.14. The van der Waals surface area contributed by atoms with Gasteiger partial charge in [0.1, 0.15) is 0 Å². The Hall–Kier alpha value is -0.430. The third-order valence-electron chi connectivity index (χ3n) is 3.63. The highest BCUT2D eigenvalue weighted by atomic mass is 31.1. The standard InChI is InChI=1S/C10H24P2.C8H7N/c1-5-11(6-2)9-10-12(7-3)8-4;1-9-7-8-5-3-2-4-6-8/h5-10H2,1-4H3;2-6H,7H2. The van der Waals surface area contributed by atoms with E-state index in [1.54, 1.807) is 12.3 Å². The largest absolute Gasteiger partial charge is 0.312 e. The zero-order valence-corrected chi connectivity index (χ0v) is 16.0. The Labute approximate surface area is 134 Å². The van der Waals surface area contributed by atoms with Crippen molar-refractivity contribution < 1.29 is 0 Å². The molecule has 1 aromatic carbocycles. The maximum Gasteiger partial charge on any atom is 0.239 e. The first kappa shape index (κ1) is 20.6. The number of benzene rings is 1. The fourth-order valence-electron chi connectivity index (χ4n) is 2.04. The minimum Gasteiger partial charge on any atom is -0.312 e. The molecule has 118 valence electrons. The Kier molecular flexibility index (Phi) is 14.2. The average Bonchev–Trinajstić information content (AvgIpc) is 2.54. The molecule has 0 aliphatic heterocycles. The Morgan fingerprint density at radius 1 is 0.810 bits per heavy atom. The van der Waals surface area contributed by atoms with Gasteiger partial charge in [-0.1, -0.05) is 58.0 Å². The monoisotopic (exact) mass is 323 g/mol. The number of hydrogen-bond acceptors (Lipinski definition) is 0. The summed E-state index contributed by atoms with van der Waals surface area (Å²) in [7, 11) is 0.832. The molecule has 0 heterocycles. The van der Waals surface area contributed by atoms with Crippen LogP contribution in [0.5, 0.6) is 0 Å². The van der Waals surface area contributed by atoms with Gasteiger partial charge in [-0.05, 0) is 37.0 Å². The smallest absolute Gasteiger partial charge is 0.239 e. The molecule has 0 N–H and O–H groups in total. The SMILES string of the molecule is CCP(CC)CCP(CC)CC.[C-]#[N+]Cc1ccccc1. The van der Waals surface area contributed by atoms with Gasteiger partial charge in [-0.3, -0.25) is 0 Å². The van der Waals surface area contributed by atoms with Gasteiger partial charge in [0.05, 0.1) is 0 Å². The van der Waals surface area contributed by atoms with Gasteiger partial charge in [0.2, 0.25) is 6.54 Å². The molecule has 0 saturated heterocycles. The summed E-state index contributed by atoms with van der Waals surface area (Å²) in [4.78, 5) is 3.26. The molecule has 0 saturated carbocycles. The molecule has 1 aromatic rings. The van der Waals surface area contributed by atoms with Crippen LogP contribution in [0.3, 0.4) is 0 Å². The molecule has 0 spiro atoms. The van der Waals surface area contributed by atoms with Crippen molar-refractivity contribution in [3.05, 3.63) is 47.3 Å². The molecule has 0 aliphatic carbocycles. The van der Waals surface area contributed by atoms with Crippen LogP contribution < -0.4 is 0 Å². The maximum atomic E-state index is 6.57. The second-order valence-corrected chi connectivity index (χ2v) is 11.0. The molecule has 0 unspecified atom stereocenters. The summed E-state index contributed by atoms with van der Waals surface area (Å²) in [5.41, 5.74) is 1.09. The average molecular weight is 323 g/mol. The first-order valence-electron chi connectivity index (χ1n) is 8.03. The van der Waals surface area contributed by atoms with Gasteiger partial charge >= 0.3 is 0 Å². The van der Waals surface area contributed by atoms with E-state index in [-0.39, 0.29) is 0 Å². The van der Waals surface area contributed by atoms with Crippen molar-refractivity contribution in [2.75, 3.05) is 37.0 Å². The van der Waals surface area contributed by atoms with E-state index in [0.29, 0.717) is 22.4 Å². The summed E-state index contributed by atoms with van der Waals surface area (Å²) < 4.78 is 0. The molecule has 0 amide bonds. The summed E-state index contributed by atoms with van der Waals surface area (Å²) in [6, 6.07) is 9.75. The van der Waals surface area contributed by atoms with E-state index in [1.807, 2.05) is 30.3 Å². The lowest BCUT2D eigenvalue weighted by Crippen LogP contribution is -1.97. The van der Waals surface area contributed by atoms with Crippen molar-refractivity contribution in [3.8, 4) is 0 Å². The zero-order valence-electron chi connectivity index (χ0n) is 14.2. The summed E-state index contributed by atoms with van der Waals surface area (Å²) >= 11 is 0. The van der Waals surface area contributed by atoms with Gasteiger partial charge in [-0.2, -0.15) is 0 Å². The quantitative estimate of drug-likeness (QED) is 0.400. The third-order valence-corrected chi connectivity index (χ3v) is 9.27.